The van der Waals surface area contributed by atoms with Gasteiger partial charge in [0.15, 0.2) is 0 Å². The number of carbonyl (C=O) groups is 1. The Bertz CT molecular complexity index is 648. The Labute approximate surface area is 135 Å². The second kappa shape index (κ2) is 5.88. The first-order valence-corrected chi connectivity index (χ1v) is 8.74. The van der Waals surface area contributed by atoms with Gasteiger partial charge in [-0.3, -0.25) is 9.48 Å². The van der Waals surface area contributed by atoms with Gasteiger partial charge in [0.05, 0.1) is 5.54 Å². The molecule has 0 spiro atoms. The predicted molar refractivity (Wildman–Crippen MR) is 89.6 cm³/mol. The van der Waals surface area contributed by atoms with Crippen molar-refractivity contribution in [1.82, 2.24) is 15.1 Å². The number of aromatic nitrogens is 2. The summed E-state index contributed by atoms with van der Waals surface area (Å²) in [6, 6.07) is 6.11. The lowest BCUT2D eigenvalue weighted by Crippen LogP contribution is -2.28. The summed E-state index contributed by atoms with van der Waals surface area (Å²) in [6.07, 6.45) is 3.29. The maximum Gasteiger partial charge on any atom is 0.271 e. The molecule has 1 N–H and O–H groups in total. The van der Waals surface area contributed by atoms with Crippen molar-refractivity contribution in [3.8, 4) is 0 Å². The summed E-state index contributed by atoms with van der Waals surface area (Å²) in [7, 11) is 0. The van der Waals surface area contributed by atoms with Crippen LogP contribution in [-0.2, 0) is 12.0 Å². The first-order valence-electron chi connectivity index (χ1n) is 7.86. The number of nitrogens with one attached hydrogen (secondary N) is 1. The lowest BCUT2D eigenvalue weighted by molar-refractivity contribution is 0.0947. The molecule has 0 atom stereocenters. The van der Waals surface area contributed by atoms with Crippen LogP contribution in [0.4, 0.5) is 0 Å². The molecule has 1 fully saturated rings. The fourth-order valence-corrected chi connectivity index (χ4v) is 3.27. The lowest BCUT2D eigenvalue weighted by Gasteiger charge is -2.22. The van der Waals surface area contributed by atoms with Crippen LogP contribution in [0.1, 0.15) is 60.6 Å². The van der Waals surface area contributed by atoms with E-state index in [9.17, 15) is 4.79 Å². The van der Waals surface area contributed by atoms with E-state index in [1.165, 1.54) is 23.4 Å². The Morgan fingerprint density at radius 1 is 1.45 bits per heavy atom. The first kappa shape index (κ1) is 15.3. The molecule has 0 aromatic carbocycles. The van der Waals surface area contributed by atoms with Gasteiger partial charge in [0, 0.05) is 23.0 Å². The van der Waals surface area contributed by atoms with Crippen molar-refractivity contribution in [1.29, 1.82) is 0 Å². The topological polar surface area (TPSA) is 46.9 Å². The van der Waals surface area contributed by atoms with Gasteiger partial charge in [-0.25, -0.2) is 0 Å². The molecule has 5 heteroatoms. The van der Waals surface area contributed by atoms with Crippen LogP contribution in [0.2, 0.25) is 0 Å². The summed E-state index contributed by atoms with van der Waals surface area (Å²) in [5.74, 6) is 0.515. The molecule has 1 amide bonds. The minimum atomic E-state index is -0.0899. The molecule has 0 unspecified atom stereocenters. The number of hydrogen-bond acceptors (Lipinski definition) is 3. The summed E-state index contributed by atoms with van der Waals surface area (Å²) >= 11 is 1.72. The largest absolute Gasteiger partial charge is 0.350 e. The zero-order chi connectivity index (χ0) is 15.7. The van der Waals surface area contributed by atoms with Crippen LogP contribution in [0, 0.1) is 0 Å². The maximum atomic E-state index is 12.3. The molecular weight excluding hydrogens is 294 g/mol. The van der Waals surface area contributed by atoms with Gasteiger partial charge in [-0.1, -0.05) is 6.07 Å². The molecule has 2 aromatic heterocycles. The number of rotatable bonds is 5. The summed E-state index contributed by atoms with van der Waals surface area (Å²) < 4.78 is 2.03. The SMILES string of the molecule is CC(C)(C)n1nc(C(=O)NCCc2cccs2)cc1C1CC1. The maximum absolute atomic E-state index is 12.3. The first-order chi connectivity index (χ1) is 10.4. The van der Waals surface area contributed by atoms with Crippen LogP contribution in [0.5, 0.6) is 0 Å². The summed E-state index contributed by atoms with van der Waals surface area (Å²) in [4.78, 5) is 13.6. The fraction of sp³-hybridized carbons (Fsp3) is 0.529. The minimum Gasteiger partial charge on any atom is -0.350 e. The predicted octanol–water partition coefficient (Wildman–Crippen LogP) is 3.55. The second-order valence-corrected chi connectivity index (χ2v) is 7.93. The smallest absolute Gasteiger partial charge is 0.271 e. The Morgan fingerprint density at radius 3 is 2.82 bits per heavy atom. The molecule has 1 aliphatic carbocycles. The second-order valence-electron chi connectivity index (χ2n) is 6.90. The number of thiophene rings is 1. The lowest BCUT2D eigenvalue weighted by atomic mass is 10.1. The van der Waals surface area contributed by atoms with Crippen molar-refractivity contribution >= 4 is 17.2 Å². The summed E-state index contributed by atoms with van der Waals surface area (Å²) in [5, 5.41) is 9.61. The van der Waals surface area contributed by atoms with Crippen molar-refractivity contribution in [3.63, 3.8) is 0 Å². The van der Waals surface area contributed by atoms with E-state index in [2.05, 4.69) is 42.6 Å². The minimum absolute atomic E-state index is 0.0681. The Hall–Kier alpha value is -1.62. The van der Waals surface area contributed by atoms with Gasteiger partial charge in [0.25, 0.3) is 5.91 Å². The molecule has 3 rings (SSSR count). The van der Waals surface area contributed by atoms with Crippen molar-refractivity contribution in [2.45, 2.75) is 51.5 Å². The Balaban J connectivity index is 1.67. The molecule has 22 heavy (non-hydrogen) atoms. The molecule has 1 aliphatic rings. The van der Waals surface area contributed by atoms with Crippen LogP contribution >= 0.6 is 11.3 Å². The van der Waals surface area contributed by atoms with Gasteiger partial charge in [-0.05, 0) is 57.5 Å². The van der Waals surface area contributed by atoms with E-state index in [4.69, 9.17) is 0 Å². The molecule has 2 aromatic rings. The molecule has 2 heterocycles. The number of amides is 1. The van der Waals surface area contributed by atoms with Gasteiger partial charge in [-0.15, -0.1) is 11.3 Å². The fourth-order valence-electron chi connectivity index (χ4n) is 2.56. The molecule has 0 aliphatic heterocycles. The third-order valence-corrected chi connectivity index (χ3v) is 4.77. The van der Waals surface area contributed by atoms with Crippen molar-refractivity contribution in [3.05, 3.63) is 39.8 Å². The highest BCUT2D eigenvalue weighted by Crippen LogP contribution is 2.41. The van der Waals surface area contributed by atoms with E-state index in [0.29, 0.717) is 18.2 Å². The summed E-state index contributed by atoms with van der Waals surface area (Å²) in [5.41, 5.74) is 1.66. The highest BCUT2D eigenvalue weighted by Gasteiger charge is 2.32. The van der Waals surface area contributed by atoms with Crippen molar-refractivity contribution in [2.24, 2.45) is 0 Å². The Kier molecular flexibility index (Phi) is 4.08. The molecule has 0 bridgehead atoms. The molecule has 0 saturated heterocycles. The van der Waals surface area contributed by atoms with E-state index in [1.807, 2.05) is 16.8 Å². The van der Waals surface area contributed by atoms with Gasteiger partial charge in [0.1, 0.15) is 5.69 Å². The average molecular weight is 317 g/mol. The van der Waals surface area contributed by atoms with E-state index < -0.39 is 0 Å². The van der Waals surface area contributed by atoms with Gasteiger partial charge in [-0.2, -0.15) is 5.10 Å². The third-order valence-electron chi connectivity index (χ3n) is 3.84. The summed E-state index contributed by atoms with van der Waals surface area (Å²) in [6.45, 7) is 7.04. The molecular formula is C17H23N3OS. The highest BCUT2D eigenvalue weighted by atomic mass is 32.1. The average Bonchev–Trinajstić information content (AvgIpc) is 2.99. The molecule has 118 valence electrons. The van der Waals surface area contributed by atoms with Gasteiger partial charge in [0.2, 0.25) is 0 Å². The molecule has 1 saturated carbocycles. The standard InChI is InChI=1S/C17H23N3OS/c1-17(2,3)20-15(12-6-7-12)11-14(19-20)16(21)18-9-8-13-5-4-10-22-13/h4-5,10-12H,6-9H2,1-3H3,(H,18,21). The van der Waals surface area contributed by atoms with Gasteiger partial charge < -0.3 is 5.32 Å². The van der Waals surface area contributed by atoms with Crippen molar-refractivity contribution in [2.75, 3.05) is 6.54 Å². The zero-order valence-corrected chi connectivity index (χ0v) is 14.2. The normalized spacial score (nSPS) is 15.0. The van der Waals surface area contributed by atoms with Crippen LogP contribution in [0.3, 0.4) is 0 Å². The van der Waals surface area contributed by atoms with Crippen LogP contribution in [0.25, 0.3) is 0 Å². The van der Waals surface area contributed by atoms with Crippen molar-refractivity contribution < 1.29 is 4.79 Å². The van der Waals surface area contributed by atoms with Crippen LogP contribution in [0.15, 0.2) is 23.6 Å². The van der Waals surface area contributed by atoms with E-state index in [1.54, 1.807) is 11.3 Å². The highest BCUT2D eigenvalue weighted by molar-refractivity contribution is 7.09. The number of nitrogens with zero attached hydrogens (tertiary/aromatic N) is 2. The number of carbonyl (C=O) groups excluding carboxylic acids is 1. The quantitative estimate of drug-likeness (QED) is 0.916. The monoisotopic (exact) mass is 317 g/mol. The Morgan fingerprint density at radius 2 is 2.23 bits per heavy atom. The van der Waals surface area contributed by atoms with Gasteiger partial charge >= 0.3 is 0 Å². The zero-order valence-electron chi connectivity index (χ0n) is 13.4. The number of hydrogen-bond donors (Lipinski definition) is 1. The van der Waals surface area contributed by atoms with E-state index in [0.717, 1.165) is 6.42 Å². The van der Waals surface area contributed by atoms with E-state index in [-0.39, 0.29) is 11.4 Å². The third kappa shape index (κ3) is 3.40. The van der Waals surface area contributed by atoms with Crippen LogP contribution < -0.4 is 5.32 Å². The molecule has 0 radical (unpaired) electrons. The van der Waals surface area contributed by atoms with E-state index >= 15 is 0 Å². The van der Waals surface area contributed by atoms with Crippen LogP contribution in [-0.4, -0.2) is 22.2 Å². The molecule has 4 nitrogen and oxygen atoms in total.